The van der Waals surface area contributed by atoms with Gasteiger partial charge < -0.3 is 4.74 Å². The Hall–Kier alpha value is -1.96. The summed E-state index contributed by atoms with van der Waals surface area (Å²) in [5.41, 5.74) is -0.394. The summed E-state index contributed by atoms with van der Waals surface area (Å²) in [6, 6.07) is 3.88. The number of esters is 1. The Morgan fingerprint density at radius 3 is 1.97 bits per heavy atom. The summed E-state index contributed by atoms with van der Waals surface area (Å²) < 4.78 is 33.0. The number of carbonyl (C=O) groups is 1. The largest absolute Gasteiger partial charge is 0.423 e. The topological polar surface area (TPSA) is 50.1 Å². The first kappa shape index (κ1) is 27.6. The summed E-state index contributed by atoms with van der Waals surface area (Å²) in [5.74, 6) is -1.24. The Kier molecular flexibility index (Phi) is 11.5. The summed E-state index contributed by atoms with van der Waals surface area (Å²) in [4.78, 5) is 12.5. The number of hydrogen-bond acceptors (Lipinski definition) is 3. The minimum atomic E-state index is -1.27. The Bertz CT molecular complexity index is 833. The number of hydrogen-bond donors (Lipinski definition) is 0. The van der Waals surface area contributed by atoms with Crippen molar-refractivity contribution in [3.05, 3.63) is 29.3 Å². The van der Waals surface area contributed by atoms with Crippen LogP contribution in [0.2, 0.25) is 0 Å². The van der Waals surface area contributed by atoms with Crippen LogP contribution in [0.25, 0.3) is 0 Å². The predicted molar refractivity (Wildman–Crippen MR) is 135 cm³/mol. The molecular formula is C30H43F2NO2. The quantitative estimate of drug-likeness (QED) is 0.168. The van der Waals surface area contributed by atoms with Crippen molar-refractivity contribution < 1.29 is 18.3 Å². The fourth-order valence-electron chi connectivity index (χ4n) is 6.07. The molecule has 0 amide bonds. The van der Waals surface area contributed by atoms with Gasteiger partial charge in [0.25, 0.3) is 0 Å². The SMILES string of the molecule is CCCCCCCCC1CCC(CCC2CCC(C(=O)Oc3ccc(C#N)c(F)c3F)CC2)CC1. The van der Waals surface area contributed by atoms with E-state index in [0.29, 0.717) is 5.92 Å². The molecule has 35 heavy (non-hydrogen) atoms. The van der Waals surface area contributed by atoms with Crippen molar-refractivity contribution in [3.63, 3.8) is 0 Å². The highest BCUT2D eigenvalue weighted by Gasteiger charge is 2.30. The first-order chi connectivity index (χ1) is 17.0. The van der Waals surface area contributed by atoms with Gasteiger partial charge in [0, 0.05) is 0 Å². The Morgan fingerprint density at radius 1 is 0.829 bits per heavy atom. The minimum absolute atomic E-state index is 0.262. The third-order valence-electron chi connectivity index (χ3n) is 8.47. The number of nitrogens with zero attached hydrogens (tertiary/aromatic N) is 1. The maximum Gasteiger partial charge on any atom is 0.314 e. The van der Waals surface area contributed by atoms with Crippen LogP contribution in [0, 0.1) is 46.6 Å². The van der Waals surface area contributed by atoms with Gasteiger partial charge in [-0.3, -0.25) is 4.79 Å². The fourth-order valence-corrected chi connectivity index (χ4v) is 6.07. The van der Waals surface area contributed by atoms with Crippen LogP contribution in [0.15, 0.2) is 12.1 Å². The molecule has 5 heteroatoms. The molecule has 1 aromatic rings. The van der Waals surface area contributed by atoms with Crippen LogP contribution >= 0.6 is 0 Å². The monoisotopic (exact) mass is 487 g/mol. The molecule has 0 bridgehead atoms. The fraction of sp³-hybridized carbons (Fsp3) is 0.733. The molecule has 2 fully saturated rings. The summed E-state index contributed by atoms with van der Waals surface area (Å²) in [6.45, 7) is 2.27. The number of halogens is 2. The van der Waals surface area contributed by atoms with Crippen molar-refractivity contribution >= 4 is 5.97 Å². The second-order valence-electron chi connectivity index (χ2n) is 11.0. The van der Waals surface area contributed by atoms with E-state index in [1.165, 1.54) is 83.5 Å². The zero-order valence-corrected chi connectivity index (χ0v) is 21.5. The van der Waals surface area contributed by atoms with Gasteiger partial charge in [-0.1, -0.05) is 90.4 Å². The Labute approximate surface area is 210 Å². The first-order valence-corrected chi connectivity index (χ1v) is 14.1. The molecule has 3 nitrogen and oxygen atoms in total. The first-order valence-electron chi connectivity index (χ1n) is 14.1. The average Bonchev–Trinajstić information content (AvgIpc) is 2.88. The number of ether oxygens (including phenoxy) is 1. The molecule has 0 N–H and O–H groups in total. The Balaban J connectivity index is 1.29. The van der Waals surface area contributed by atoms with E-state index in [2.05, 4.69) is 6.92 Å². The van der Waals surface area contributed by atoms with Gasteiger partial charge in [-0.2, -0.15) is 9.65 Å². The molecule has 194 valence electrons. The van der Waals surface area contributed by atoms with Crippen LogP contribution in [0.5, 0.6) is 5.75 Å². The van der Waals surface area contributed by atoms with Crippen LogP contribution in [-0.2, 0) is 4.79 Å². The second-order valence-corrected chi connectivity index (χ2v) is 11.0. The normalized spacial score (nSPS) is 24.6. The summed E-state index contributed by atoms with van der Waals surface area (Å²) >= 11 is 0. The van der Waals surface area contributed by atoms with Crippen LogP contribution in [-0.4, -0.2) is 5.97 Å². The van der Waals surface area contributed by atoms with Gasteiger partial charge >= 0.3 is 5.97 Å². The van der Waals surface area contributed by atoms with E-state index in [0.717, 1.165) is 49.7 Å². The molecule has 0 aromatic heterocycles. The molecule has 0 heterocycles. The number of carbonyl (C=O) groups excluding carboxylic acids is 1. The smallest absolute Gasteiger partial charge is 0.314 e. The second kappa shape index (κ2) is 14.6. The molecule has 1 aromatic carbocycles. The standard InChI is InChI=1S/C30H43F2NO2/c1-2-3-4-5-6-7-8-22-9-11-23(12-10-22)13-14-24-15-17-25(18-16-24)30(34)35-27-20-19-26(21-33)28(31)29(27)32/h19-20,22-25H,2-18H2,1H3. The van der Waals surface area contributed by atoms with Crippen molar-refractivity contribution in [1.29, 1.82) is 5.26 Å². The van der Waals surface area contributed by atoms with E-state index in [9.17, 15) is 13.6 Å². The molecular weight excluding hydrogens is 444 g/mol. The van der Waals surface area contributed by atoms with Gasteiger partial charge in [0.1, 0.15) is 6.07 Å². The van der Waals surface area contributed by atoms with Gasteiger partial charge in [-0.05, 0) is 55.6 Å². The van der Waals surface area contributed by atoms with Gasteiger partial charge in [0.2, 0.25) is 5.82 Å². The van der Waals surface area contributed by atoms with Crippen LogP contribution < -0.4 is 4.74 Å². The molecule has 0 saturated heterocycles. The molecule has 0 spiro atoms. The summed E-state index contributed by atoms with van der Waals surface area (Å²) in [7, 11) is 0. The highest BCUT2D eigenvalue weighted by atomic mass is 19.2. The maximum atomic E-state index is 14.1. The van der Waals surface area contributed by atoms with Crippen molar-refractivity contribution in [2.24, 2.45) is 23.7 Å². The molecule has 0 aliphatic heterocycles. The van der Waals surface area contributed by atoms with Gasteiger partial charge in [-0.25, -0.2) is 4.39 Å². The van der Waals surface area contributed by atoms with Crippen molar-refractivity contribution in [2.75, 3.05) is 0 Å². The summed E-state index contributed by atoms with van der Waals surface area (Å²) in [5, 5.41) is 8.78. The van der Waals surface area contributed by atoms with Crippen molar-refractivity contribution in [3.8, 4) is 11.8 Å². The van der Waals surface area contributed by atoms with Crippen LogP contribution in [0.3, 0.4) is 0 Å². The highest BCUT2D eigenvalue weighted by Crippen LogP contribution is 2.38. The van der Waals surface area contributed by atoms with Crippen molar-refractivity contribution in [1.82, 2.24) is 0 Å². The summed E-state index contributed by atoms with van der Waals surface area (Å²) in [6.07, 6.45) is 21.4. The number of benzene rings is 1. The lowest BCUT2D eigenvalue weighted by Crippen LogP contribution is -2.26. The maximum absolute atomic E-state index is 14.1. The van der Waals surface area contributed by atoms with E-state index in [4.69, 9.17) is 10.00 Å². The molecule has 3 rings (SSSR count). The van der Waals surface area contributed by atoms with E-state index < -0.39 is 28.9 Å². The molecule has 2 saturated carbocycles. The average molecular weight is 488 g/mol. The molecule has 0 radical (unpaired) electrons. The van der Waals surface area contributed by atoms with E-state index in [1.807, 2.05) is 0 Å². The number of rotatable bonds is 12. The van der Waals surface area contributed by atoms with E-state index in [-0.39, 0.29) is 5.92 Å². The lowest BCUT2D eigenvalue weighted by Gasteiger charge is -2.31. The van der Waals surface area contributed by atoms with Gasteiger partial charge in [0.05, 0.1) is 11.5 Å². The molecule has 0 atom stereocenters. The van der Waals surface area contributed by atoms with Gasteiger partial charge in [-0.15, -0.1) is 0 Å². The van der Waals surface area contributed by atoms with Crippen molar-refractivity contribution in [2.45, 2.75) is 116 Å². The molecule has 2 aliphatic rings. The number of unbranched alkanes of at least 4 members (excludes halogenated alkanes) is 5. The zero-order chi connectivity index (χ0) is 25.0. The van der Waals surface area contributed by atoms with Crippen LogP contribution in [0.1, 0.15) is 122 Å². The lowest BCUT2D eigenvalue weighted by molar-refractivity contribution is -0.140. The van der Waals surface area contributed by atoms with Crippen LogP contribution in [0.4, 0.5) is 8.78 Å². The lowest BCUT2D eigenvalue weighted by atomic mass is 9.75. The van der Waals surface area contributed by atoms with E-state index in [1.54, 1.807) is 6.07 Å². The zero-order valence-electron chi connectivity index (χ0n) is 21.5. The number of nitriles is 1. The Morgan fingerprint density at radius 2 is 1.37 bits per heavy atom. The molecule has 2 aliphatic carbocycles. The van der Waals surface area contributed by atoms with E-state index >= 15 is 0 Å². The third kappa shape index (κ3) is 8.58. The minimum Gasteiger partial charge on any atom is -0.423 e. The predicted octanol–water partition coefficient (Wildman–Crippen LogP) is 8.89. The van der Waals surface area contributed by atoms with Gasteiger partial charge in [0.15, 0.2) is 11.6 Å². The highest BCUT2D eigenvalue weighted by molar-refractivity contribution is 5.75. The third-order valence-corrected chi connectivity index (χ3v) is 8.47. The molecule has 0 unspecified atom stereocenters.